The summed E-state index contributed by atoms with van der Waals surface area (Å²) in [6.07, 6.45) is 6.53. The summed E-state index contributed by atoms with van der Waals surface area (Å²) in [7, 11) is 1.68. The highest BCUT2D eigenvalue weighted by atomic mass is 16.5. The predicted molar refractivity (Wildman–Crippen MR) is 85.3 cm³/mol. The summed E-state index contributed by atoms with van der Waals surface area (Å²) in [5, 5.41) is 7.22. The highest BCUT2D eigenvalue weighted by molar-refractivity contribution is 5.86. The van der Waals surface area contributed by atoms with Crippen LogP contribution in [0.25, 0.3) is 10.9 Å². The highest BCUT2D eigenvalue weighted by Crippen LogP contribution is 2.50. The van der Waals surface area contributed by atoms with Crippen LogP contribution in [0, 0.1) is 0 Å². The van der Waals surface area contributed by atoms with Crippen molar-refractivity contribution in [1.82, 2.24) is 15.6 Å². The Kier molecular flexibility index (Phi) is 3.03. The number of H-pyrrole nitrogens is 1. The number of ether oxygens (including phenoxy) is 1. The number of aromatic amines is 1. The first-order valence-corrected chi connectivity index (χ1v) is 7.90. The van der Waals surface area contributed by atoms with Gasteiger partial charge in [-0.1, -0.05) is 0 Å². The van der Waals surface area contributed by atoms with E-state index in [9.17, 15) is 4.79 Å². The smallest absolute Gasteiger partial charge is 0.315 e. The minimum Gasteiger partial charge on any atom is -0.497 e. The third-order valence-electron chi connectivity index (χ3n) is 4.81. The number of nitrogens with one attached hydrogen (secondary N) is 3. The molecule has 1 aromatic carbocycles. The van der Waals surface area contributed by atoms with Crippen molar-refractivity contribution in [2.45, 2.75) is 37.1 Å². The molecule has 1 aromatic heterocycles. The molecule has 5 nitrogen and oxygen atoms in total. The Bertz CT molecular complexity index is 714. The third kappa shape index (κ3) is 2.40. The fourth-order valence-corrected chi connectivity index (χ4v) is 3.07. The molecular weight excluding hydrogens is 278 g/mol. The molecule has 0 saturated heterocycles. The second-order valence-corrected chi connectivity index (χ2v) is 6.50. The maximum Gasteiger partial charge on any atom is 0.315 e. The van der Waals surface area contributed by atoms with E-state index in [4.69, 9.17) is 4.74 Å². The van der Waals surface area contributed by atoms with E-state index in [2.05, 4.69) is 27.9 Å². The SMILES string of the molecule is COc1ccc2[nH]cc(C3(CNC(=O)NC4CC4)CC3)c2c1. The lowest BCUT2D eigenvalue weighted by atomic mass is 9.95. The van der Waals surface area contributed by atoms with E-state index in [1.54, 1.807) is 7.11 Å². The molecule has 22 heavy (non-hydrogen) atoms. The molecule has 2 aliphatic carbocycles. The Labute approximate surface area is 129 Å². The predicted octanol–water partition coefficient (Wildman–Crippen LogP) is 2.67. The summed E-state index contributed by atoms with van der Waals surface area (Å²) >= 11 is 0. The molecule has 4 rings (SSSR count). The zero-order valence-electron chi connectivity index (χ0n) is 12.7. The second-order valence-electron chi connectivity index (χ2n) is 6.50. The molecule has 116 valence electrons. The number of urea groups is 1. The minimum absolute atomic E-state index is 0.0359. The number of carbonyl (C=O) groups is 1. The van der Waals surface area contributed by atoms with Crippen molar-refractivity contribution in [2.24, 2.45) is 0 Å². The topological polar surface area (TPSA) is 66.1 Å². The Morgan fingerprint density at radius 2 is 2.23 bits per heavy atom. The molecule has 3 N–H and O–H groups in total. The van der Waals surface area contributed by atoms with Gasteiger partial charge < -0.3 is 20.4 Å². The molecule has 2 aromatic rings. The molecule has 0 atom stereocenters. The van der Waals surface area contributed by atoms with Gasteiger partial charge in [0.05, 0.1) is 7.11 Å². The van der Waals surface area contributed by atoms with Crippen LogP contribution in [0.4, 0.5) is 4.79 Å². The quantitative estimate of drug-likeness (QED) is 0.794. The molecule has 1 heterocycles. The first-order valence-electron chi connectivity index (χ1n) is 7.90. The molecule has 0 unspecified atom stereocenters. The van der Waals surface area contributed by atoms with E-state index in [0.29, 0.717) is 12.6 Å². The molecule has 0 bridgehead atoms. The van der Waals surface area contributed by atoms with Gasteiger partial charge in [0.1, 0.15) is 5.75 Å². The van der Waals surface area contributed by atoms with E-state index >= 15 is 0 Å². The molecule has 2 saturated carbocycles. The first kappa shape index (κ1) is 13.5. The lowest BCUT2D eigenvalue weighted by Gasteiger charge is -2.16. The second kappa shape index (κ2) is 4.93. The summed E-state index contributed by atoms with van der Waals surface area (Å²) in [5.74, 6) is 0.864. The Balaban J connectivity index is 1.53. The molecule has 0 radical (unpaired) electrons. The fraction of sp³-hybridized carbons (Fsp3) is 0.471. The van der Waals surface area contributed by atoms with Crippen LogP contribution in [-0.4, -0.2) is 30.7 Å². The summed E-state index contributed by atoms with van der Waals surface area (Å²) in [6.45, 7) is 0.690. The van der Waals surface area contributed by atoms with Crippen LogP contribution < -0.4 is 15.4 Å². The van der Waals surface area contributed by atoms with Crippen LogP contribution in [0.2, 0.25) is 0 Å². The molecule has 2 aliphatic rings. The van der Waals surface area contributed by atoms with Crippen molar-refractivity contribution >= 4 is 16.9 Å². The van der Waals surface area contributed by atoms with E-state index in [-0.39, 0.29) is 11.4 Å². The fourth-order valence-electron chi connectivity index (χ4n) is 3.07. The molecule has 2 fully saturated rings. The average Bonchev–Trinajstić information content (AvgIpc) is 3.45. The largest absolute Gasteiger partial charge is 0.497 e. The zero-order chi connectivity index (χ0) is 15.2. The number of fused-ring (bicyclic) bond motifs is 1. The number of hydrogen-bond donors (Lipinski definition) is 3. The number of carbonyl (C=O) groups excluding carboxylic acids is 1. The number of aromatic nitrogens is 1. The number of benzene rings is 1. The zero-order valence-corrected chi connectivity index (χ0v) is 12.7. The summed E-state index contributed by atoms with van der Waals surface area (Å²) < 4.78 is 5.34. The van der Waals surface area contributed by atoms with Crippen LogP contribution in [0.1, 0.15) is 31.2 Å². The van der Waals surface area contributed by atoms with Crippen LogP contribution in [-0.2, 0) is 5.41 Å². The van der Waals surface area contributed by atoms with Crippen LogP contribution in [0.15, 0.2) is 24.4 Å². The van der Waals surface area contributed by atoms with Crippen molar-refractivity contribution in [1.29, 1.82) is 0 Å². The van der Waals surface area contributed by atoms with Crippen LogP contribution >= 0.6 is 0 Å². The van der Waals surface area contributed by atoms with Gasteiger partial charge in [-0.05, 0) is 49.4 Å². The van der Waals surface area contributed by atoms with Gasteiger partial charge in [-0.2, -0.15) is 0 Å². The number of rotatable bonds is 5. The number of hydrogen-bond acceptors (Lipinski definition) is 2. The van der Waals surface area contributed by atoms with Crippen molar-refractivity contribution in [3.8, 4) is 5.75 Å². The summed E-state index contributed by atoms with van der Waals surface area (Å²) in [4.78, 5) is 15.2. The van der Waals surface area contributed by atoms with E-state index in [1.807, 2.05) is 12.1 Å². The normalized spacial score (nSPS) is 19.0. The van der Waals surface area contributed by atoms with Gasteiger partial charge in [0.25, 0.3) is 0 Å². The number of amides is 2. The minimum atomic E-state index is -0.0359. The Morgan fingerprint density at radius 1 is 1.41 bits per heavy atom. The first-order chi connectivity index (χ1) is 10.7. The summed E-state index contributed by atoms with van der Waals surface area (Å²) in [6, 6.07) is 6.44. The van der Waals surface area contributed by atoms with Gasteiger partial charge in [0.15, 0.2) is 0 Å². The van der Waals surface area contributed by atoms with Crippen LogP contribution in [0.3, 0.4) is 0 Å². The Hall–Kier alpha value is -2.17. The van der Waals surface area contributed by atoms with E-state index in [0.717, 1.165) is 36.9 Å². The van der Waals surface area contributed by atoms with Gasteiger partial charge in [0, 0.05) is 35.1 Å². The molecular formula is C17H21N3O2. The lowest BCUT2D eigenvalue weighted by molar-refractivity contribution is 0.239. The maximum absolute atomic E-state index is 11.9. The van der Waals surface area contributed by atoms with Gasteiger partial charge in [0.2, 0.25) is 0 Å². The summed E-state index contributed by atoms with van der Waals surface area (Å²) in [5.41, 5.74) is 2.48. The lowest BCUT2D eigenvalue weighted by Crippen LogP contribution is -2.40. The van der Waals surface area contributed by atoms with Crippen molar-refractivity contribution in [3.05, 3.63) is 30.0 Å². The molecule has 0 aliphatic heterocycles. The van der Waals surface area contributed by atoms with Gasteiger partial charge in [-0.25, -0.2) is 4.79 Å². The third-order valence-corrected chi connectivity index (χ3v) is 4.81. The van der Waals surface area contributed by atoms with Gasteiger partial charge in [-0.3, -0.25) is 0 Å². The standard InChI is InChI=1S/C17H21N3O2/c1-22-12-4-5-15-13(8-12)14(9-18-15)17(6-7-17)10-19-16(21)20-11-2-3-11/h4-5,8-9,11,18H,2-3,6-7,10H2,1H3,(H2,19,20,21). The van der Waals surface area contributed by atoms with Crippen molar-refractivity contribution in [3.63, 3.8) is 0 Å². The average molecular weight is 299 g/mol. The van der Waals surface area contributed by atoms with E-state index in [1.165, 1.54) is 10.9 Å². The monoisotopic (exact) mass is 299 g/mol. The van der Waals surface area contributed by atoms with Crippen molar-refractivity contribution < 1.29 is 9.53 Å². The maximum atomic E-state index is 11.9. The molecule has 5 heteroatoms. The van der Waals surface area contributed by atoms with Gasteiger partial charge in [-0.15, -0.1) is 0 Å². The van der Waals surface area contributed by atoms with Crippen LogP contribution in [0.5, 0.6) is 5.75 Å². The number of methoxy groups -OCH3 is 1. The molecule has 0 spiro atoms. The van der Waals surface area contributed by atoms with Crippen molar-refractivity contribution in [2.75, 3.05) is 13.7 Å². The molecule has 2 amide bonds. The Morgan fingerprint density at radius 3 is 2.91 bits per heavy atom. The van der Waals surface area contributed by atoms with Gasteiger partial charge >= 0.3 is 6.03 Å². The highest BCUT2D eigenvalue weighted by Gasteiger charge is 2.46. The van der Waals surface area contributed by atoms with E-state index < -0.39 is 0 Å².